The summed E-state index contributed by atoms with van der Waals surface area (Å²) in [6.07, 6.45) is 0.778. The fourth-order valence-electron chi connectivity index (χ4n) is 1.76. The number of hydroxylamine groups is 1. The highest BCUT2D eigenvalue weighted by Crippen LogP contribution is 2.16. The molecule has 2 aromatic carbocycles. The zero-order chi connectivity index (χ0) is 17.7. The van der Waals surface area contributed by atoms with Crippen LogP contribution in [0, 0.1) is 11.6 Å². The molecule has 0 aromatic heterocycles. The molecule has 0 saturated heterocycles. The summed E-state index contributed by atoms with van der Waals surface area (Å²) in [6, 6.07) is 8.02. The molecular formula is C15H10BrF2N3O3. The highest BCUT2D eigenvalue weighted by molar-refractivity contribution is 9.10. The zero-order valence-corrected chi connectivity index (χ0v) is 13.5. The van der Waals surface area contributed by atoms with E-state index >= 15 is 0 Å². The van der Waals surface area contributed by atoms with Gasteiger partial charge < -0.3 is 0 Å². The first-order chi connectivity index (χ1) is 11.4. The van der Waals surface area contributed by atoms with Gasteiger partial charge in [-0.05, 0) is 40.2 Å². The van der Waals surface area contributed by atoms with E-state index in [9.17, 15) is 18.4 Å². The lowest BCUT2D eigenvalue weighted by Gasteiger charge is -2.04. The highest BCUT2D eigenvalue weighted by Gasteiger charge is 2.14. The van der Waals surface area contributed by atoms with Gasteiger partial charge in [0, 0.05) is 10.0 Å². The smallest absolute Gasteiger partial charge is 0.274 e. The first-order valence-corrected chi connectivity index (χ1v) is 7.24. The van der Waals surface area contributed by atoms with Crippen LogP contribution >= 0.6 is 15.9 Å². The minimum absolute atomic E-state index is 0.297. The van der Waals surface area contributed by atoms with Gasteiger partial charge in [0.1, 0.15) is 11.6 Å². The maximum Gasteiger partial charge on any atom is 0.274 e. The maximum atomic E-state index is 13.8. The second-order valence-electron chi connectivity index (χ2n) is 4.47. The number of hydrazone groups is 1. The molecule has 0 heterocycles. The summed E-state index contributed by atoms with van der Waals surface area (Å²) in [5, 5.41) is 12.0. The Kier molecular flexibility index (Phi) is 5.72. The minimum Gasteiger partial charge on any atom is -0.288 e. The van der Waals surface area contributed by atoms with Gasteiger partial charge in [0.15, 0.2) is 0 Å². The molecule has 124 valence electrons. The molecule has 0 unspecified atom stereocenters. The monoisotopic (exact) mass is 397 g/mol. The summed E-state index contributed by atoms with van der Waals surface area (Å²) in [6.45, 7) is 0. The van der Waals surface area contributed by atoms with Crippen LogP contribution in [0.5, 0.6) is 0 Å². The van der Waals surface area contributed by atoms with E-state index in [0.717, 1.165) is 18.3 Å². The first kappa shape index (κ1) is 17.7. The number of carbonyl (C=O) groups excluding carboxylic acids is 2. The SMILES string of the molecule is O=C(NO)c1cc(F)c(C=NNC(=O)c2ccccc2Br)c(F)c1. The van der Waals surface area contributed by atoms with E-state index in [2.05, 4.69) is 26.5 Å². The Labute approximate surface area is 143 Å². The lowest BCUT2D eigenvalue weighted by atomic mass is 10.1. The van der Waals surface area contributed by atoms with E-state index in [1.54, 1.807) is 24.3 Å². The van der Waals surface area contributed by atoms with Crippen molar-refractivity contribution in [2.75, 3.05) is 0 Å². The third kappa shape index (κ3) is 4.00. The van der Waals surface area contributed by atoms with Gasteiger partial charge in [0.05, 0.1) is 17.3 Å². The van der Waals surface area contributed by atoms with E-state index in [4.69, 9.17) is 5.21 Å². The molecule has 0 fully saturated rings. The van der Waals surface area contributed by atoms with E-state index < -0.39 is 34.6 Å². The minimum atomic E-state index is -1.08. The Balaban J connectivity index is 2.16. The zero-order valence-electron chi connectivity index (χ0n) is 11.9. The maximum absolute atomic E-state index is 13.8. The summed E-state index contributed by atoms with van der Waals surface area (Å²) in [5.41, 5.74) is 2.76. The van der Waals surface area contributed by atoms with Crippen molar-refractivity contribution >= 4 is 34.0 Å². The van der Waals surface area contributed by atoms with E-state index in [-0.39, 0.29) is 0 Å². The van der Waals surface area contributed by atoms with Crippen LogP contribution in [0.2, 0.25) is 0 Å². The van der Waals surface area contributed by atoms with Crippen LogP contribution < -0.4 is 10.9 Å². The van der Waals surface area contributed by atoms with E-state index in [1.165, 1.54) is 5.48 Å². The van der Waals surface area contributed by atoms with Crippen molar-refractivity contribution in [3.8, 4) is 0 Å². The molecule has 0 spiro atoms. The van der Waals surface area contributed by atoms with Gasteiger partial charge in [-0.15, -0.1) is 0 Å². The number of carbonyl (C=O) groups is 2. The van der Waals surface area contributed by atoms with Crippen molar-refractivity contribution in [1.82, 2.24) is 10.9 Å². The number of rotatable bonds is 4. The molecular weight excluding hydrogens is 388 g/mol. The van der Waals surface area contributed by atoms with Crippen LogP contribution in [-0.4, -0.2) is 23.2 Å². The van der Waals surface area contributed by atoms with Crippen LogP contribution in [0.1, 0.15) is 26.3 Å². The molecule has 6 nitrogen and oxygen atoms in total. The molecule has 2 amide bonds. The number of amides is 2. The largest absolute Gasteiger partial charge is 0.288 e. The predicted molar refractivity (Wildman–Crippen MR) is 84.8 cm³/mol. The molecule has 24 heavy (non-hydrogen) atoms. The van der Waals surface area contributed by atoms with Gasteiger partial charge in [-0.3, -0.25) is 14.8 Å². The summed E-state index contributed by atoms with van der Waals surface area (Å²) in [4.78, 5) is 23.0. The summed E-state index contributed by atoms with van der Waals surface area (Å²) < 4.78 is 28.1. The van der Waals surface area contributed by atoms with Crippen molar-refractivity contribution in [3.63, 3.8) is 0 Å². The van der Waals surface area contributed by atoms with E-state index in [1.807, 2.05) is 0 Å². The Morgan fingerprint density at radius 1 is 1.12 bits per heavy atom. The molecule has 0 radical (unpaired) electrons. The Morgan fingerprint density at radius 2 is 1.75 bits per heavy atom. The standard InChI is InChI=1S/C15H10BrF2N3O3/c16-11-4-2-1-3-9(11)15(23)20-19-7-10-12(17)5-8(6-13(10)18)14(22)21-24/h1-7,24H,(H,20,23)(H,21,22). The van der Waals surface area contributed by atoms with Gasteiger partial charge in [-0.25, -0.2) is 19.7 Å². The fourth-order valence-corrected chi connectivity index (χ4v) is 2.23. The molecule has 0 bridgehead atoms. The van der Waals surface area contributed by atoms with Gasteiger partial charge in [0.25, 0.3) is 11.8 Å². The average Bonchev–Trinajstić information content (AvgIpc) is 2.56. The summed E-state index contributed by atoms with van der Waals surface area (Å²) in [7, 11) is 0. The second-order valence-corrected chi connectivity index (χ2v) is 5.33. The Hall–Kier alpha value is -2.65. The number of benzene rings is 2. The quantitative estimate of drug-likeness (QED) is 0.420. The third-order valence-corrected chi connectivity index (χ3v) is 3.61. The number of hydrogen-bond donors (Lipinski definition) is 3. The molecule has 0 aliphatic carbocycles. The van der Waals surface area contributed by atoms with Gasteiger partial charge in [0.2, 0.25) is 0 Å². The molecule has 0 saturated carbocycles. The number of hydrogen-bond acceptors (Lipinski definition) is 4. The van der Waals surface area contributed by atoms with E-state index in [0.29, 0.717) is 10.0 Å². The average molecular weight is 398 g/mol. The van der Waals surface area contributed by atoms with Gasteiger partial charge >= 0.3 is 0 Å². The lowest BCUT2D eigenvalue weighted by molar-refractivity contribution is 0.0705. The van der Waals surface area contributed by atoms with Crippen molar-refractivity contribution in [2.45, 2.75) is 0 Å². The molecule has 0 aliphatic rings. The topological polar surface area (TPSA) is 90.8 Å². The third-order valence-electron chi connectivity index (χ3n) is 2.92. The molecule has 2 aromatic rings. The molecule has 0 atom stereocenters. The predicted octanol–water partition coefficient (Wildman–Crippen LogP) is 2.61. The highest BCUT2D eigenvalue weighted by atomic mass is 79.9. The normalized spacial score (nSPS) is 10.7. The van der Waals surface area contributed by atoms with Crippen molar-refractivity contribution < 1.29 is 23.6 Å². The van der Waals surface area contributed by atoms with Crippen molar-refractivity contribution in [2.24, 2.45) is 5.10 Å². The summed E-state index contributed by atoms with van der Waals surface area (Å²) in [5.74, 6) is -3.78. The number of halogens is 3. The summed E-state index contributed by atoms with van der Waals surface area (Å²) >= 11 is 3.19. The Morgan fingerprint density at radius 3 is 2.33 bits per heavy atom. The fraction of sp³-hybridized carbons (Fsp3) is 0. The first-order valence-electron chi connectivity index (χ1n) is 6.45. The van der Waals surface area contributed by atoms with Gasteiger partial charge in [-0.1, -0.05) is 12.1 Å². The molecule has 0 aliphatic heterocycles. The lowest BCUT2D eigenvalue weighted by Crippen LogP contribution is -2.20. The van der Waals surface area contributed by atoms with Crippen LogP contribution in [0.15, 0.2) is 46.0 Å². The van der Waals surface area contributed by atoms with Crippen molar-refractivity contribution in [3.05, 3.63) is 69.2 Å². The van der Waals surface area contributed by atoms with Gasteiger partial charge in [-0.2, -0.15) is 5.10 Å². The Bertz CT molecular complexity index is 804. The van der Waals surface area contributed by atoms with Crippen LogP contribution in [0.3, 0.4) is 0 Å². The molecule has 9 heteroatoms. The van der Waals surface area contributed by atoms with Crippen molar-refractivity contribution in [1.29, 1.82) is 0 Å². The van der Waals surface area contributed by atoms with Crippen LogP contribution in [0.25, 0.3) is 0 Å². The second kappa shape index (κ2) is 7.75. The number of nitrogens with one attached hydrogen (secondary N) is 2. The molecule has 2 rings (SSSR count). The van der Waals surface area contributed by atoms with Crippen LogP contribution in [-0.2, 0) is 0 Å². The van der Waals surface area contributed by atoms with Crippen LogP contribution in [0.4, 0.5) is 8.78 Å². The molecule has 3 N–H and O–H groups in total. The number of nitrogens with zero attached hydrogens (tertiary/aromatic N) is 1.